The van der Waals surface area contributed by atoms with Gasteiger partial charge in [0, 0.05) is 19.3 Å². The van der Waals surface area contributed by atoms with Crippen molar-refractivity contribution in [3.05, 3.63) is 24.4 Å². The number of nitrogens with zero attached hydrogens (tertiary/aromatic N) is 2. The number of pyridine rings is 1. The lowest BCUT2D eigenvalue weighted by molar-refractivity contribution is -0.192. The molecule has 2 rings (SSSR count). The van der Waals surface area contributed by atoms with Crippen LogP contribution in [0, 0.1) is 0 Å². The third-order valence-corrected chi connectivity index (χ3v) is 2.32. The van der Waals surface area contributed by atoms with Crippen molar-refractivity contribution in [2.45, 2.75) is 19.0 Å². The van der Waals surface area contributed by atoms with E-state index in [2.05, 4.69) is 16.0 Å². The molecule has 1 N–H and O–H groups in total. The molecule has 0 spiro atoms. The first-order valence-electron chi connectivity index (χ1n) is 5.37. The average Bonchev–Trinajstić information content (AvgIpc) is 2.83. The molecule has 1 saturated heterocycles. The number of carboxylic acids is 1. The number of hydrogen-bond donors (Lipinski definition) is 1. The average molecular weight is 262 g/mol. The topological polar surface area (TPSA) is 53.4 Å². The van der Waals surface area contributed by atoms with Gasteiger partial charge in [0.25, 0.3) is 0 Å². The van der Waals surface area contributed by atoms with Crippen LogP contribution in [-0.2, 0) is 4.79 Å². The lowest BCUT2D eigenvalue weighted by Crippen LogP contribution is -2.21. The van der Waals surface area contributed by atoms with Crippen molar-refractivity contribution in [1.82, 2.24) is 4.98 Å². The molecule has 100 valence electrons. The van der Waals surface area contributed by atoms with Crippen LogP contribution < -0.4 is 4.90 Å². The molecule has 1 aromatic heterocycles. The molecular formula is C11H13F3N2O2. The summed E-state index contributed by atoms with van der Waals surface area (Å²) in [4.78, 5) is 15.5. The fourth-order valence-electron chi connectivity index (χ4n) is 1.49. The third-order valence-electron chi connectivity index (χ3n) is 2.32. The van der Waals surface area contributed by atoms with Crippen LogP contribution in [0.1, 0.15) is 12.8 Å². The fourth-order valence-corrected chi connectivity index (χ4v) is 1.49. The Hall–Kier alpha value is -1.79. The van der Waals surface area contributed by atoms with Crippen LogP contribution in [0.5, 0.6) is 0 Å². The van der Waals surface area contributed by atoms with Gasteiger partial charge >= 0.3 is 12.1 Å². The van der Waals surface area contributed by atoms with E-state index in [0.717, 1.165) is 5.82 Å². The molecule has 0 unspecified atom stereocenters. The first-order valence-corrected chi connectivity index (χ1v) is 5.37. The summed E-state index contributed by atoms with van der Waals surface area (Å²) in [7, 11) is 0. The highest BCUT2D eigenvalue weighted by Gasteiger charge is 2.38. The Morgan fingerprint density at radius 1 is 1.28 bits per heavy atom. The van der Waals surface area contributed by atoms with Gasteiger partial charge in [-0.05, 0) is 25.0 Å². The van der Waals surface area contributed by atoms with Crippen LogP contribution in [-0.4, -0.2) is 35.3 Å². The molecule has 0 amide bonds. The summed E-state index contributed by atoms with van der Waals surface area (Å²) in [6.07, 6.45) is -0.596. The van der Waals surface area contributed by atoms with E-state index < -0.39 is 12.1 Å². The van der Waals surface area contributed by atoms with Crippen LogP contribution in [0.3, 0.4) is 0 Å². The number of carboxylic acid groups (broad SMARTS) is 1. The molecule has 4 nitrogen and oxygen atoms in total. The quantitative estimate of drug-likeness (QED) is 0.843. The monoisotopic (exact) mass is 262 g/mol. The van der Waals surface area contributed by atoms with Gasteiger partial charge in [0.15, 0.2) is 0 Å². The van der Waals surface area contributed by atoms with Crippen molar-refractivity contribution in [1.29, 1.82) is 0 Å². The number of anilines is 1. The molecule has 1 aliphatic heterocycles. The lowest BCUT2D eigenvalue weighted by Gasteiger charge is -2.14. The molecule has 0 radical (unpaired) electrons. The van der Waals surface area contributed by atoms with Gasteiger partial charge in [0.1, 0.15) is 5.82 Å². The van der Waals surface area contributed by atoms with E-state index in [-0.39, 0.29) is 0 Å². The number of aromatic nitrogens is 1. The van der Waals surface area contributed by atoms with E-state index in [1.807, 2.05) is 18.3 Å². The van der Waals surface area contributed by atoms with Crippen LogP contribution in [0.15, 0.2) is 24.4 Å². The highest BCUT2D eigenvalue weighted by atomic mass is 19.4. The molecule has 7 heteroatoms. The molecule has 0 saturated carbocycles. The second-order valence-corrected chi connectivity index (χ2v) is 3.69. The van der Waals surface area contributed by atoms with Gasteiger partial charge in [0.2, 0.25) is 0 Å². The Morgan fingerprint density at radius 2 is 1.83 bits per heavy atom. The van der Waals surface area contributed by atoms with Crippen molar-refractivity contribution in [2.75, 3.05) is 18.0 Å². The number of aliphatic carboxylic acids is 1. The van der Waals surface area contributed by atoms with Gasteiger partial charge in [-0.3, -0.25) is 0 Å². The molecule has 0 atom stereocenters. The van der Waals surface area contributed by atoms with E-state index in [1.54, 1.807) is 0 Å². The van der Waals surface area contributed by atoms with Gasteiger partial charge in [-0.2, -0.15) is 13.2 Å². The van der Waals surface area contributed by atoms with Crippen LogP contribution in [0.2, 0.25) is 0 Å². The number of rotatable bonds is 1. The normalized spacial score (nSPS) is 14.9. The van der Waals surface area contributed by atoms with E-state index in [1.165, 1.54) is 25.9 Å². The zero-order valence-corrected chi connectivity index (χ0v) is 9.52. The summed E-state index contributed by atoms with van der Waals surface area (Å²) < 4.78 is 31.7. The maximum atomic E-state index is 10.6. The largest absolute Gasteiger partial charge is 0.490 e. The van der Waals surface area contributed by atoms with Crippen LogP contribution in [0.25, 0.3) is 0 Å². The first kappa shape index (κ1) is 14.3. The molecule has 0 aromatic carbocycles. The lowest BCUT2D eigenvalue weighted by atomic mass is 10.4. The van der Waals surface area contributed by atoms with E-state index >= 15 is 0 Å². The SMILES string of the molecule is O=C(O)C(F)(F)F.c1ccc(N2CCCC2)nc1. The Kier molecular flexibility index (Phi) is 4.94. The molecule has 1 fully saturated rings. The van der Waals surface area contributed by atoms with Crippen molar-refractivity contribution in [3.8, 4) is 0 Å². The number of hydrogen-bond acceptors (Lipinski definition) is 3. The second kappa shape index (κ2) is 6.23. The summed E-state index contributed by atoms with van der Waals surface area (Å²) in [6.45, 7) is 2.36. The number of halogens is 3. The van der Waals surface area contributed by atoms with E-state index in [0.29, 0.717) is 0 Å². The van der Waals surface area contributed by atoms with Gasteiger partial charge < -0.3 is 10.0 Å². The predicted molar refractivity (Wildman–Crippen MR) is 59.4 cm³/mol. The smallest absolute Gasteiger partial charge is 0.475 e. The van der Waals surface area contributed by atoms with Crippen LogP contribution >= 0.6 is 0 Å². The molecular weight excluding hydrogens is 249 g/mol. The zero-order valence-electron chi connectivity index (χ0n) is 9.52. The number of alkyl halides is 3. The van der Waals surface area contributed by atoms with Gasteiger partial charge in [-0.1, -0.05) is 6.07 Å². The summed E-state index contributed by atoms with van der Waals surface area (Å²) in [5.41, 5.74) is 0. The van der Waals surface area contributed by atoms with Crippen molar-refractivity contribution in [3.63, 3.8) is 0 Å². The molecule has 1 aliphatic rings. The predicted octanol–water partition coefficient (Wildman–Crippen LogP) is 2.32. The minimum Gasteiger partial charge on any atom is -0.475 e. The Balaban J connectivity index is 0.000000203. The van der Waals surface area contributed by atoms with Crippen molar-refractivity contribution in [2.24, 2.45) is 0 Å². The minimum atomic E-state index is -5.08. The Labute approximate surface area is 102 Å². The maximum Gasteiger partial charge on any atom is 0.490 e. The van der Waals surface area contributed by atoms with Crippen LogP contribution in [0.4, 0.5) is 19.0 Å². The minimum absolute atomic E-state index is 1.13. The van der Waals surface area contributed by atoms with E-state index in [4.69, 9.17) is 9.90 Å². The first-order chi connectivity index (χ1) is 8.41. The number of carbonyl (C=O) groups is 1. The summed E-state index contributed by atoms with van der Waals surface area (Å²) >= 11 is 0. The highest BCUT2D eigenvalue weighted by Crippen LogP contribution is 2.15. The Bertz CT molecular complexity index is 376. The molecule has 18 heavy (non-hydrogen) atoms. The third kappa shape index (κ3) is 4.60. The second-order valence-electron chi connectivity index (χ2n) is 3.69. The molecule has 2 heterocycles. The summed E-state index contributed by atoms with van der Waals surface area (Å²) in [5.74, 6) is -1.63. The zero-order chi connectivity index (χ0) is 13.6. The van der Waals surface area contributed by atoms with Gasteiger partial charge in [0.05, 0.1) is 0 Å². The highest BCUT2D eigenvalue weighted by molar-refractivity contribution is 5.73. The summed E-state index contributed by atoms with van der Waals surface area (Å²) in [6, 6.07) is 6.07. The van der Waals surface area contributed by atoms with Gasteiger partial charge in [-0.25, -0.2) is 9.78 Å². The Morgan fingerprint density at radius 3 is 2.22 bits per heavy atom. The van der Waals surface area contributed by atoms with Crippen molar-refractivity contribution < 1.29 is 23.1 Å². The maximum absolute atomic E-state index is 10.6. The standard InChI is InChI=1S/C9H12N2.C2HF3O2/c1-2-6-10-9(5-1)11-7-3-4-8-11;3-2(4,5)1(6)7/h1-2,5-6H,3-4,7-8H2;(H,6,7). The summed E-state index contributed by atoms with van der Waals surface area (Å²) in [5, 5.41) is 7.12. The fraction of sp³-hybridized carbons (Fsp3) is 0.455. The van der Waals surface area contributed by atoms with E-state index in [9.17, 15) is 13.2 Å². The van der Waals surface area contributed by atoms with Crippen molar-refractivity contribution >= 4 is 11.8 Å². The molecule has 0 aliphatic carbocycles. The van der Waals surface area contributed by atoms with Gasteiger partial charge in [-0.15, -0.1) is 0 Å². The molecule has 1 aromatic rings. The molecule has 0 bridgehead atoms.